The topological polar surface area (TPSA) is 68.1 Å². The number of hydrogen-bond donors (Lipinski definition) is 1. The van der Waals surface area contributed by atoms with Crippen LogP contribution in [-0.2, 0) is 6.54 Å². The molecule has 0 atom stereocenters. The lowest BCUT2D eigenvalue weighted by Crippen LogP contribution is -2.04. The van der Waals surface area contributed by atoms with Gasteiger partial charge in [0.1, 0.15) is 5.69 Å². The Morgan fingerprint density at radius 1 is 1.21 bits per heavy atom. The van der Waals surface area contributed by atoms with Crippen LogP contribution in [0.1, 0.15) is 16.8 Å². The standard InChI is InChI=1S/C14H15N3O2/c1-10-4-6-14(17(18)19)13(7-10)16-9-12-5-3-11(2)8-15-12/h3-8,16H,9H2,1-2H3. The van der Waals surface area contributed by atoms with Gasteiger partial charge in [0.05, 0.1) is 17.2 Å². The first-order chi connectivity index (χ1) is 9.06. The van der Waals surface area contributed by atoms with Gasteiger partial charge in [0.25, 0.3) is 5.69 Å². The molecule has 1 N–H and O–H groups in total. The highest BCUT2D eigenvalue weighted by atomic mass is 16.6. The number of benzene rings is 1. The highest BCUT2D eigenvalue weighted by Gasteiger charge is 2.12. The van der Waals surface area contributed by atoms with Crippen LogP contribution in [0.25, 0.3) is 0 Å². The van der Waals surface area contributed by atoms with E-state index in [0.717, 1.165) is 16.8 Å². The number of nitrogens with one attached hydrogen (secondary N) is 1. The van der Waals surface area contributed by atoms with Crippen LogP contribution in [0.4, 0.5) is 11.4 Å². The molecule has 0 unspecified atom stereocenters. The summed E-state index contributed by atoms with van der Waals surface area (Å²) in [4.78, 5) is 14.8. The molecule has 19 heavy (non-hydrogen) atoms. The van der Waals surface area contributed by atoms with Crippen LogP contribution in [0.2, 0.25) is 0 Å². The highest BCUT2D eigenvalue weighted by Crippen LogP contribution is 2.25. The Balaban J connectivity index is 2.16. The third-order valence-corrected chi connectivity index (χ3v) is 2.78. The van der Waals surface area contributed by atoms with Crippen molar-refractivity contribution in [3.63, 3.8) is 0 Å². The third-order valence-electron chi connectivity index (χ3n) is 2.78. The molecule has 0 amide bonds. The summed E-state index contributed by atoms with van der Waals surface area (Å²) in [7, 11) is 0. The van der Waals surface area contributed by atoms with Crippen LogP contribution < -0.4 is 5.32 Å². The second-order valence-electron chi connectivity index (χ2n) is 4.46. The van der Waals surface area contributed by atoms with Gasteiger partial charge in [-0.25, -0.2) is 0 Å². The molecule has 0 aliphatic rings. The van der Waals surface area contributed by atoms with E-state index in [9.17, 15) is 10.1 Å². The maximum atomic E-state index is 10.9. The third kappa shape index (κ3) is 3.28. The fourth-order valence-corrected chi connectivity index (χ4v) is 1.74. The van der Waals surface area contributed by atoms with Crippen molar-refractivity contribution in [2.75, 3.05) is 5.32 Å². The zero-order valence-corrected chi connectivity index (χ0v) is 10.9. The van der Waals surface area contributed by atoms with Gasteiger partial charge in [-0.05, 0) is 37.1 Å². The zero-order valence-electron chi connectivity index (χ0n) is 10.9. The van der Waals surface area contributed by atoms with E-state index in [1.807, 2.05) is 26.0 Å². The van der Waals surface area contributed by atoms with Crippen molar-refractivity contribution in [1.29, 1.82) is 0 Å². The van der Waals surface area contributed by atoms with E-state index < -0.39 is 0 Å². The summed E-state index contributed by atoms with van der Waals surface area (Å²) in [5.41, 5.74) is 3.52. The molecule has 1 aromatic carbocycles. The molecular weight excluding hydrogens is 242 g/mol. The lowest BCUT2D eigenvalue weighted by molar-refractivity contribution is -0.384. The predicted molar refractivity (Wildman–Crippen MR) is 74.1 cm³/mol. The monoisotopic (exact) mass is 257 g/mol. The number of nitrogens with zero attached hydrogens (tertiary/aromatic N) is 2. The molecule has 1 aromatic heterocycles. The van der Waals surface area contributed by atoms with E-state index >= 15 is 0 Å². The van der Waals surface area contributed by atoms with Crippen molar-refractivity contribution in [3.8, 4) is 0 Å². The van der Waals surface area contributed by atoms with Gasteiger partial charge < -0.3 is 5.32 Å². The second-order valence-corrected chi connectivity index (χ2v) is 4.46. The van der Waals surface area contributed by atoms with E-state index in [1.54, 1.807) is 18.3 Å². The molecule has 0 saturated heterocycles. The van der Waals surface area contributed by atoms with Crippen molar-refractivity contribution < 1.29 is 4.92 Å². The Morgan fingerprint density at radius 3 is 2.58 bits per heavy atom. The number of pyridine rings is 1. The maximum absolute atomic E-state index is 10.9. The SMILES string of the molecule is Cc1ccc(CNc2cc(C)ccc2[N+](=O)[O-])nc1. The van der Waals surface area contributed by atoms with E-state index in [4.69, 9.17) is 0 Å². The molecular formula is C14H15N3O2. The van der Waals surface area contributed by atoms with Crippen LogP contribution in [0.15, 0.2) is 36.5 Å². The minimum Gasteiger partial charge on any atom is -0.374 e. The minimum atomic E-state index is -0.385. The van der Waals surface area contributed by atoms with Gasteiger partial charge in [-0.15, -0.1) is 0 Å². The zero-order chi connectivity index (χ0) is 13.8. The second kappa shape index (κ2) is 5.48. The quantitative estimate of drug-likeness (QED) is 0.674. The van der Waals surface area contributed by atoms with Crippen LogP contribution >= 0.6 is 0 Å². The van der Waals surface area contributed by atoms with Crippen LogP contribution in [-0.4, -0.2) is 9.91 Å². The molecule has 0 saturated carbocycles. The number of hydrogen-bond acceptors (Lipinski definition) is 4. The van der Waals surface area contributed by atoms with Gasteiger partial charge in [-0.1, -0.05) is 12.1 Å². The molecule has 0 fully saturated rings. The summed E-state index contributed by atoms with van der Waals surface area (Å²) < 4.78 is 0. The van der Waals surface area contributed by atoms with Crippen LogP contribution in [0.5, 0.6) is 0 Å². The van der Waals surface area contributed by atoms with Crippen LogP contribution in [0.3, 0.4) is 0 Å². The largest absolute Gasteiger partial charge is 0.374 e. The molecule has 0 radical (unpaired) electrons. The van der Waals surface area contributed by atoms with Gasteiger partial charge in [0.15, 0.2) is 0 Å². The summed E-state index contributed by atoms with van der Waals surface area (Å²) in [6.45, 7) is 4.33. The number of nitro benzene ring substituents is 1. The number of aryl methyl sites for hydroxylation is 2. The van der Waals surface area contributed by atoms with E-state index in [0.29, 0.717) is 12.2 Å². The average Bonchev–Trinajstić information content (AvgIpc) is 2.38. The van der Waals surface area contributed by atoms with Crippen molar-refractivity contribution >= 4 is 11.4 Å². The molecule has 0 bridgehead atoms. The fraction of sp³-hybridized carbons (Fsp3) is 0.214. The smallest absolute Gasteiger partial charge is 0.292 e. The number of aromatic nitrogens is 1. The van der Waals surface area contributed by atoms with E-state index in [2.05, 4.69) is 10.3 Å². The average molecular weight is 257 g/mol. The summed E-state index contributed by atoms with van der Waals surface area (Å²) in [6.07, 6.45) is 1.78. The van der Waals surface area contributed by atoms with Gasteiger partial charge in [0, 0.05) is 12.3 Å². The van der Waals surface area contributed by atoms with Gasteiger partial charge in [-0.2, -0.15) is 0 Å². The first-order valence-corrected chi connectivity index (χ1v) is 5.97. The Bertz CT molecular complexity index is 594. The molecule has 5 heteroatoms. The molecule has 2 rings (SSSR count). The molecule has 5 nitrogen and oxygen atoms in total. The molecule has 2 aromatic rings. The summed E-state index contributed by atoms with van der Waals surface area (Å²) in [5, 5.41) is 14.0. The van der Waals surface area contributed by atoms with Crippen molar-refractivity contribution in [2.45, 2.75) is 20.4 Å². The van der Waals surface area contributed by atoms with Crippen LogP contribution in [0, 0.1) is 24.0 Å². The number of nitro groups is 1. The van der Waals surface area contributed by atoms with E-state index in [1.165, 1.54) is 6.07 Å². The molecule has 0 aliphatic heterocycles. The van der Waals surface area contributed by atoms with Crippen molar-refractivity contribution in [1.82, 2.24) is 4.98 Å². The molecule has 98 valence electrons. The lowest BCUT2D eigenvalue weighted by atomic mass is 10.2. The first kappa shape index (κ1) is 13.0. The number of rotatable bonds is 4. The first-order valence-electron chi connectivity index (χ1n) is 5.97. The lowest BCUT2D eigenvalue weighted by Gasteiger charge is -2.07. The molecule has 1 heterocycles. The Morgan fingerprint density at radius 2 is 1.95 bits per heavy atom. The predicted octanol–water partition coefficient (Wildman–Crippen LogP) is 3.22. The summed E-state index contributed by atoms with van der Waals surface area (Å²) in [5.74, 6) is 0. The highest BCUT2D eigenvalue weighted by molar-refractivity contribution is 5.62. The van der Waals surface area contributed by atoms with Gasteiger partial charge in [-0.3, -0.25) is 15.1 Å². The van der Waals surface area contributed by atoms with E-state index in [-0.39, 0.29) is 10.6 Å². The summed E-state index contributed by atoms with van der Waals surface area (Å²) >= 11 is 0. The van der Waals surface area contributed by atoms with Crippen molar-refractivity contribution in [2.24, 2.45) is 0 Å². The fourth-order valence-electron chi connectivity index (χ4n) is 1.74. The molecule has 0 aliphatic carbocycles. The van der Waals surface area contributed by atoms with Crippen molar-refractivity contribution in [3.05, 3.63) is 63.5 Å². The Labute approximate surface area is 111 Å². The minimum absolute atomic E-state index is 0.0812. The van der Waals surface area contributed by atoms with Gasteiger partial charge >= 0.3 is 0 Å². The maximum Gasteiger partial charge on any atom is 0.292 e. The normalized spacial score (nSPS) is 10.2. The number of anilines is 1. The Kier molecular flexibility index (Phi) is 3.75. The molecule has 0 spiro atoms. The Hall–Kier alpha value is -2.43. The summed E-state index contributed by atoms with van der Waals surface area (Å²) in [6, 6.07) is 8.89. The van der Waals surface area contributed by atoms with Gasteiger partial charge in [0.2, 0.25) is 0 Å².